The van der Waals surface area contributed by atoms with Crippen LogP contribution >= 0.6 is 11.6 Å². The lowest BCUT2D eigenvalue weighted by atomic mass is 9.79. The molecule has 0 saturated carbocycles. The molecule has 1 saturated heterocycles. The SMILES string of the molecule is N#Cc1cc(N)c(Cl)c([C@@]2(NC(=O)O)CCNC[C@H]2F)c1. The number of nitrogens with two attached hydrogens (primary N) is 1. The molecule has 1 aliphatic heterocycles. The van der Waals surface area contributed by atoms with Gasteiger partial charge in [-0.3, -0.25) is 0 Å². The molecule has 0 aliphatic carbocycles. The van der Waals surface area contributed by atoms with Crippen LogP contribution in [0.3, 0.4) is 0 Å². The third-order valence-electron chi connectivity index (χ3n) is 3.59. The number of rotatable bonds is 2. The van der Waals surface area contributed by atoms with E-state index < -0.39 is 17.8 Å². The monoisotopic (exact) mass is 312 g/mol. The quantitative estimate of drug-likeness (QED) is 0.620. The molecule has 21 heavy (non-hydrogen) atoms. The number of alkyl halides is 1. The Morgan fingerprint density at radius 3 is 2.95 bits per heavy atom. The lowest BCUT2D eigenvalue weighted by Gasteiger charge is -2.41. The number of nitrogens with zero attached hydrogens (tertiary/aromatic N) is 1. The smallest absolute Gasteiger partial charge is 0.405 e. The largest absolute Gasteiger partial charge is 0.465 e. The van der Waals surface area contributed by atoms with Crippen LogP contribution in [0.1, 0.15) is 17.5 Å². The Labute approximate surface area is 125 Å². The van der Waals surface area contributed by atoms with Gasteiger partial charge in [0.15, 0.2) is 0 Å². The molecule has 0 spiro atoms. The average Bonchev–Trinajstić information content (AvgIpc) is 2.43. The molecule has 1 amide bonds. The second-order valence-electron chi connectivity index (χ2n) is 4.86. The van der Waals surface area contributed by atoms with Gasteiger partial charge < -0.3 is 21.5 Å². The highest BCUT2D eigenvalue weighted by atomic mass is 35.5. The van der Waals surface area contributed by atoms with Gasteiger partial charge in [0.25, 0.3) is 0 Å². The van der Waals surface area contributed by atoms with Crippen molar-refractivity contribution in [2.75, 3.05) is 18.8 Å². The molecule has 5 N–H and O–H groups in total. The molecule has 0 aromatic heterocycles. The van der Waals surface area contributed by atoms with Gasteiger partial charge in [0.1, 0.15) is 11.7 Å². The van der Waals surface area contributed by atoms with Gasteiger partial charge in [0.2, 0.25) is 0 Å². The van der Waals surface area contributed by atoms with Crippen LogP contribution in [0.15, 0.2) is 12.1 Å². The summed E-state index contributed by atoms with van der Waals surface area (Å²) in [6.45, 7) is 0.390. The number of nitrogens with one attached hydrogen (secondary N) is 2. The Kier molecular flexibility index (Phi) is 4.21. The highest BCUT2D eigenvalue weighted by molar-refractivity contribution is 6.34. The molecule has 1 aromatic carbocycles. The Morgan fingerprint density at radius 1 is 1.67 bits per heavy atom. The third-order valence-corrected chi connectivity index (χ3v) is 4.02. The average molecular weight is 313 g/mol. The van der Waals surface area contributed by atoms with E-state index in [0.29, 0.717) is 6.54 Å². The topological polar surface area (TPSA) is 111 Å². The number of benzene rings is 1. The van der Waals surface area contributed by atoms with E-state index in [0.717, 1.165) is 0 Å². The number of anilines is 1. The number of nitriles is 1. The second kappa shape index (κ2) is 5.76. The standard InChI is InChI=1S/C13H14ClFN4O2/c14-11-8(3-7(5-16)4-9(11)17)13(19-12(20)21)1-2-18-6-10(13)15/h3-4,10,18-19H,1-2,6,17H2,(H,20,21)/t10-,13+/m1/s1. The first kappa shape index (κ1) is 15.4. The number of carboxylic acid groups (broad SMARTS) is 1. The Hall–Kier alpha value is -2.04. The molecule has 2 rings (SSSR count). The molecular weight excluding hydrogens is 299 g/mol. The molecule has 112 valence electrons. The van der Waals surface area contributed by atoms with Crippen LogP contribution in [0.4, 0.5) is 14.9 Å². The fraction of sp³-hybridized carbons (Fsp3) is 0.385. The molecule has 0 radical (unpaired) electrons. The van der Waals surface area contributed by atoms with E-state index in [4.69, 9.17) is 27.7 Å². The Balaban J connectivity index is 2.64. The van der Waals surface area contributed by atoms with Gasteiger partial charge in [0.05, 0.1) is 22.3 Å². The lowest BCUT2D eigenvalue weighted by molar-refractivity contribution is 0.0987. The summed E-state index contributed by atoms with van der Waals surface area (Å²) in [6, 6.07) is 4.66. The second-order valence-corrected chi connectivity index (χ2v) is 5.24. The zero-order valence-electron chi connectivity index (χ0n) is 11.0. The van der Waals surface area contributed by atoms with Crippen molar-refractivity contribution in [2.24, 2.45) is 0 Å². The van der Waals surface area contributed by atoms with Crippen molar-refractivity contribution in [3.05, 3.63) is 28.3 Å². The molecule has 1 aromatic rings. The summed E-state index contributed by atoms with van der Waals surface area (Å²) >= 11 is 6.14. The van der Waals surface area contributed by atoms with Crippen LogP contribution in [-0.2, 0) is 5.54 Å². The van der Waals surface area contributed by atoms with Gasteiger partial charge in [-0.2, -0.15) is 5.26 Å². The third kappa shape index (κ3) is 2.73. The summed E-state index contributed by atoms with van der Waals surface area (Å²) in [5, 5.41) is 23.2. The van der Waals surface area contributed by atoms with Gasteiger partial charge in [-0.05, 0) is 25.1 Å². The van der Waals surface area contributed by atoms with E-state index in [1.807, 2.05) is 6.07 Å². The fourth-order valence-electron chi connectivity index (χ4n) is 2.58. The molecule has 0 bridgehead atoms. The van der Waals surface area contributed by atoms with E-state index in [1.165, 1.54) is 12.1 Å². The highest BCUT2D eigenvalue weighted by Crippen LogP contribution is 2.40. The maximum Gasteiger partial charge on any atom is 0.405 e. The number of hydrogen-bond acceptors (Lipinski definition) is 4. The van der Waals surface area contributed by atoms with E-state index in [9.17, 15) is 9.18 Å². The molecule has 0 unspecified atom stereocenters. The normalized spacial score (nSPS) is 25.1. The summed E-state index contributed by atoms with van der Waals surface area (Å²) in [7, 11) is 0. The predicted octanol–water partition coefficient (Wildman–Crippen LogP) is 1.59. The van der Waals surface area contributed by atoms with Crippen molar-refractivity contribution in [3.63, 3.8) is 0 Å². The highest BCUT2D eigenvalue weighted by Gasteiger charge is 2.46. The minimum Gasteiger partial charge on any atom is -0.465 e. The summed E-state index contributed by atoms with van der Waals surface area (Å²) in [5.41, 5.74) is 4.73. The van der Waals surface area contributed by atoms with Crippen LogP contribution in [0, 0.1) is 11.3 Å². The van der Waals surface area contributed by atoms with Crippen molar-refractivity contribution in [1.29, 1.82) is 5.26 Å². The number of hydrogen-bond donors (Lipinski definition) is 4. The molecule has 1 fully saturated rings. The number of halogens is 2. The van der Waals surface area contributed by atoms with Crippen molar-refractivity contribution in [2.45, 2.75) is 18.1 Å². The summed E-state index contributed by atoms with van der Waals surface area (Å²) < 4.78 is 14.5. The molecule has 1 aliphatic rings. The zero-order chi connectivity index (χ0) is 15.6. The number of carbonyl (C=O) groups is 1. The van der Waals surface area contributed by atoms with Crippen molar-refractivity contribution in [3.8, 4) is 6.07 Å². The van der Waals surface area contributed by atoms with E-state index >= 15 is 0 Å². The van der Waals surface area contributed by atoms with Crippen LogP contribution < -0.4 is 16.4 Å². The first-order valence-electron chi connectivity index (χ1n) is 6.26. The molecule has 6 nitrogen and oxygen atoms in total. The molecule has 1 heterocycles. The number of amides is 1. The summed E-state index contributed by atoms with van der Waals surface area (Å²) in [5.74, 6) is 0. The van der Waals surface area contributed by atoms with Crippen LogP contribution in [0.25, 0.3) is 0 Å². The van der Waals surface area contributed by atoms with Gasteiger partial charge in [-0.25, -0.2) is 9.18 Å². The lowest BCUT2D eigenvalue weighted by Crippen LogP contribution is -2.59. The maximum absolute atomic E-state index is 14.5. The van der Waals surface area contributed by atoms with Gasteiger partial charge in [-0.15, -0.1) is 0 Å². The minimum absolute atomic E-state index is 0.0205. The molecular formula is C13H14ClFN4O2. The predicted molar refractivity (Wildman–Crippen MR) is 75.8 cm³/mol. The Bertz CT molecular complexity index is 619. The number of nitrogen functional groups attached to an aromatic ring is 1. The summed E-state index contributed by atoms with van der Waals surface area (Å²) in [4.78, 5) is 11.1. The molecule has 8 heteroatoms. The van der Waals surface area contributed by atoms with E-state index in [-0.39, 0.29) is 34.8 Å². The number of piperidine rings is 1. The van der Waals surface area contributed by atoms with Crippen molar-refractivity contribution in [1.82, 2.24) is 10.6 Å². The Morgan fingerprint density at radius 2 is 2.38 bits per heavy atom. The zero-order valence-corrected chi connectivity index (χ0v) is 11.7. The summed E-state index contributed by atoms with van der Waals surface area (Å²) in [6.07, 6.45) is -2.74. The van der Waals surface area contributed by atoms with Crippen molar-refractivity contribution >= 4 is 23.4 Å². The van der Waals surface area contributed by atoms with E-state index in [2.05, 4.69) is 10.6 Å². The van der Waals surface area contributed by atoms with Gasteiger partial charge >= 0.3 is 6.09 Å². The maximum atomic E-state index is 14.5. The van der Waals surface area contributed by atoms with Crippen LogP contribution in [-0.4, -0.2) is 30.5 Å². The fourth-order valence-corrected chi connectivity index (χ4v) is 2.86. The van der Waals surface area contributed by atoms with Crippen molar-refractivity contribution < 1.29 is 14.3 Å². The van der Waals surface area contributed by atoms with Gasteiger partial charge in [0, 0.05) is 12.1 Å². The first-order chi connectivity index (χ1) is 9.90. The first-order valence-corrected chi connectivity index (χ1v) is 6.64. The van der Waals surface area contributed by atoms with Crippen LogP contribution in [0.2, 0.25) is 5.02 Å². The van der Waals surface area contributed by atoms with Crippen LogP contribution in [0.5, 0.6) is 0 Å². The minimum atomic E-state index is -1.53. The molecule has 2 atom stereocenters. The van der Waals surface area contributed by atoms with E-state index in [1.54, 1.807) is 0 Å². The van der Waals surface area contributed by atoms with Gasteiger partial charge in [-0.1, -0.05) is 11.6 Å².